The standard InChI is InChI=1S/C21H32N6O2/c1-16(2)27-14-18(12-23-27)21(28)26-9-10-29-19(15-25-7-5-4-6-8-25)20(26)17-11-22-24(3)13-17/h11-14,16,19-20H,4-10,15H2,1-3H3/t19-,20-/m0/s1. The maximum atomic E-state index is 13.4. The normalized spacial score (nSPS) is 23.7. The van der Waals surface area contributed by atoms with Crippen molar-refractivity contribution in [2.24, 2.45) is 7.05 Å². The van der Waals surface area contributed by atoms with E-state index in [0.29, 0.717) is 18.7 Å². The van der Waals surface area contributed by atoms with Crippen LogP contribution in [0.4, 0.5) is 0 Å². The number of piperidine rings is 1. The number of morpholine rings is 1. The summed E-state index contributed by atoms with van der Waals surface area (Å²) < 4.78 is 9.85. The van der Waals surface area contributed by atoms with Crippen LogP contribution in [-0.4, -0.2) is 74.2 Å². The Hall–Kier alpha value is -2.19. The van der Waals surface area contributed by atoms with Crippen molar-refractivity contribution in [1.82, 2.24) is 29.4 Å². The van der Waals surface area contributed by atoms with Crippen LogP contribution in [0.15, 0.2) is 24.8 Å². The van der Waals surface area contributed by atoms with Gasteiger partial charge in [-0.3, -0.25) is 14.2 Å². The molecule has 158 valence electrons. The summed E-state index contributed by atoms with van der Waals surface area (Å²) in [7, 11) is 1.91. The predicted molar refractivity (Wildman–Crippen MR) is 110 cm³/mol. The Bertz CT molecular complexity index is 823. The van der Waals surface area contributed by atoms with Crippen molar-refractivity contribution in [3.63, 3.8) is 0 Å². The van der Waals surface area contributed by atoms with Crippen LogP contribution in [0, 0.1) is 0 Å². The SMILES string of the molecule is CC(C)n1cc(C(=O)N2CCO[C@@H](CN3CCCCC3)[C@@H]2c2cnn(C)c2)cn1. The first-order chi connectivity index (χ1) is 14.0. The highest BCUT2D eigenvalue weighted by molar-refractivity contribution is 5.94. The number of carbonyl (C=O) groups is 1. The van der Waals surface area contributed by atoms with Crippen LogP contribution in [0.1, 0.15) is 61.1 Å². The van der Waals surface area contributed by atoms with Gasteiger partial charge in [-0.15, -0.1) is 0 Å². The Morgan fingerprint density at radius 3 is 2.59 bits per heavy atom. The minimum Gasteiger partial charge on any atom is -0.373 e. The lowest BCUT2D eigenvalue weighted by Crippen LogP contribution is -2.52. The second-order valence-electron chi connectivity index (χ2n) is 8.46. The fourth-order valence-corrected chi connectivity index (χ4v) is 4.39. The Morgan fingerprint density at radius 2 is 1.93 bits per heavy atom. The van der Waals surface area contributed by atoms with Gasteiger partial charge in [-0.25, -0.2) is 0 Å². The fraction of sp³-hybridized carbons (Fsp3) is 0.667. The lowest BCUT2D eigenvalue weighted by atomic mass is 9.98. The number of hydrogen-bond donors (Lipinski definition) is 0. The second-order valence-corrected chi connectivity index (χ2v) is 8.46. The molecule has 29 heavy (non-hydrogen) atoms. The molecular weight excluding hydrogens is 368 g/mol. The molecule has 0 aliphatic carbocycles. The molecule has 2 fully saturated rings. The maximum absolute atomic E-state index is 13.4. The number of amides is 1. The van der Waals surface area contributed by atoms with Crippen LogP contribution in [0.5, 0.6) is 0 Å². The van der Waals surface area contributed by atoms with E-state index in [-0.39, 0.29) is 24.1 Å². The van der Waals surface area contributed by atoms with Crippen molar-refractivity contribution in [1.29, 1.82) is 0 Å². The molecular formula is C21H32N6O2. The molecule has 2 saturated heterocycles. The predicted octanol–water partition coefficient (Wildman–Crippen LogP) is 2.27. The molecule has 4 heterocycles. The Balaban J connectivity index is 1.60. The Kier molecular flexibility index (Phi) is 6.01. The minimum absolute atomic E-state index is 0.0118. The zero-order valence-corrected chi connectivity index (χ0v) is 17.7. The first-order valence-corrected chi connectivity index (χ1v) is 10.7. The van der Waals surface area contributed by atoms with Gasteiger partial charge in [-0.2, -0.15) is 10.2 Å². The average Bonchev–Trinajstić information content (AvgIpc) is 3.37. The van der Waals surface area contributed by atoms with Gasteiger partial charge in [0.25, 0.3) is 5.91 Å². The first kappa shape index (κ1) is 20.1. The topological polar surface area (TPSA) is 68.4 Å². The van der Waals surface area contributed by atoms with E-state index in [1.165, 1.54) is 19.3 Å². The number of aryl methyl sites for hydroxylation is 1. The van der Waals surface area contributed by atoms with Crippen LogP contribution in [0.2, 0.25) is 0 Å². The van der Waals surface area contributed by atoms with Crippen LogP contribution in [-0.2, 0) is 11.8 Å². The van der Waals surface area contributed by atoms with Crippen LogP contribution in [0.25, 0.3) is 0 Å². The first-order valence-electron chi connectivity index (χ1n) is 10.7. The molecule has 2 atom stereocenters. The zero-order chi connectivity index (χ0) is 20.4. The van der Waals surface area contributed by atoms with Gasteiger partial charge < -0.3 is 14.5 Å². The monoisotopic (exact) mass is 400 g/mol. The number of carbonyl (C=O) groups excluding carboxylic acids is 1. The van der Waals surface area contributed by atoms with Crippen molar-refractivity contribution in [3.8, 4) is 0 Å². The summed E-state index contributed by atoms with van der Waals surface area (Å²) in [6.07, 6.45) is 11.1. The highest BCUT2D eigenvalue weighted by atomic mass is 16.5. The fourth-order valence-electron chi connectivity index (χ4n) is 4.39. The number of hydrogen-bond acceptors (Lipinski definition) is 5. The second kappa shape index (κ2) is 8.67. The highest BCUT2D eigenvalue weighted by Crippen LogP contribution is 2.32. The van der Waals surface area contributed by atoms with E-state index in [9.17, 15) is 4.79 Å². The molecule has 0 N–H and O–H groups in total. The molecule has 8 nitrogen and oxygen atoms in total. The van der Waals surface area contributed by atoms with Gasteiger partial charge in [-0.05, 0) is 39.8 Å². The van der Waals surface area contributed by atoms with E-state index in [4.69, 9.17) is 4.74 Å². The van der Waals surface area contributed by atoms with E-state index >= 15 is 0 Å². The summed E-state index contributed by atoms with van der Waals surface area (Å²) in [4.78, 5) is 17.9. The molecule has 2 aliphatic heterocycles. The van der Waals surface area contributed by atoms with Crippen molar-refractivity contribution in [2.45, 2.75) is 51.3 Å². The van der Waals surface area contributed by atoms with Crippen molar-refractivity contribution < 1.29 is 9.53 Å². The molecule has 0 spiro atoms. The zero-order valence-electron chi connectivity index (χ0n) is 17.7. The molecule has 4 rings (SSSR count). The summed E-state index contributed by atoms with van der Waals surface area (Å²) in [6, 6.07) is 0.0801. The maximum Gasteiger partial charge on any atom is 0.257 e. The van der Waals surface area contributed by atoms with Crippen LogP contribution in [0.3, 0.4) is 0 Å². The number of aromatic nitrogens is 4. The average molecular weight is 401 g/mol. The number of likely N-dealkylation sites (tertiary alicyclic amines) is 1. The molecule has 8 heteroatoms. The highest BCUT2D eigenvalue weighted by Gasteiger charge is 2.38. The molecule has 1 amide bonds. The summed E-state index contributed by atoms with van der Waals surface area (Å²) in [5.74, 6) is 0.0118. The smallest absolute Gasteiger partial charge is 0.257 e. The number of nitrogens with zero attached hydrogens (tertiary/aromatic N) is 6. The summed E-state index contributed by atoms with van der Waals surface area (Å²) >= 11 is 0. The molecule has 2 aromatic heterocycles. The van der Waals surface area contributed by atoms with Crippen molar-refractivity contribution in [3.05, 3.63) is 35.9 Å². The van der Waals surface area contributed by atoms with Gasteiger partial charge in [0.15, 0.2) is 0 Å². The van der Waals surface area contributed by atoms with Crippen molar-refractivity contribution in [2.75, 3.05) is 32.8 Å². The van der Waals surface area contributed by atoms with Gasteiger partial charge >= 0.3 is 0 Å². The summed E-state index contributed by atoms with van der Waals surface area (Å²) in [6.45, 7) is 8.30. The third-order valence-electron chi connectivity index (χ3n) is 5.94. The Labute approximate surface area is 172 Å². The molecule has 0 saturated carbocycles. The van der Waals surface area contributed by atoms with Gasteiger partial charge in [0.1, 0.15) is 0 Å². The van der Waals surface area contributed by atoms with Gasteiger partial charge in [0, 0.05) is 44.1 Å². The molecule has 0 bridgehead atoms. The number of ether oxygens (including phenoxy) is 1. The Morgan fingerprint density at radius 1 is 1.14 bits per heavy atom. The van der Waals surface area contributed by atoms with E-state index in [0.717, 1.165) is 25.2 Å². The third-order valence-corrected chi connectivity index (χ3v) is 5.94. The van der Waals surface area contributed by atoms with E-state index in [1.54, 1.807) is 10.9 Å². The van der Waals surface area contributed by atoms with Crippen LogP contribution >= 0.6 is 0 Å². The molecule has 0 aromatic carbocycles. The van der Waals surface area contributed by atoms with Crippen molar-refractivity contribution >= 4 is 5.91 Å². The lowest BCUT2D eigenvalue weighted by molar-refractivity contribution is -0.0741. The van der Waals surface area contributed by atoms with E-state index < -0.39 is 0 Å². The number of rotatable bonds is 5. The van der Waals surface area contributed by atoms with Gasteiger partial charge in [0.05, 0.1) is 36.7 Å². The van der Waals surface area contributed by atoms with Crippen LogP contribution < -0.4 is 0 Å². The summed E-state index contributed by atoms with van der Waals surface area (Å²) in [5.41, 5.74) is 1.66. The van der Waals surface area contributed by atoms with E-state index in [1.807, 2.05) is 35.2 Å². The minimum atomic E-state index is -0.144. The van der Waals surface area contributed by atoms with E-state index in [2.05, 4.69) is 28.9 Å². The molecule has 0 radical (unpaired) electrons. The third kappa shape index (κ3) is 4.38. The quantitative estimate of drug-likeness (QED) is 0.770. The van der Waals surface area contributed by atoms with Gasteiger partial charge in [-0.1, -0.05) is 6.42 Å². The largest absolute Gasteiger partial charge is 0.373 e. The molecule has 2 aliphatic rings. The van der Waals surface area contributed by atoms with Gasteiger partial charge in [0.2, 0.25) is 0 Å². The molecule has 0 unspecified atom stereocenters. The lowest BCUT2D eigenvalue weighted by Gasteiger charge is -2.43. The summed E-state index contributed by atoms with van der Waals surface area (Å²) in [5, 5.41) is 8.72. The molecule has 2 aromatic rings.